The number of anilines is 1. The van der Waals surface area contributed by atoms with Gasteiger partial charge in [0.15, 0.2) is 0 Å². The van der Waals surface area contributed by atoms with Crippen LogP contribution in [0.1, 0.15) is 10.4 Å². The average Bonchev–Trinajstić information content (AvgIpc) is 2.63. The van der Waals surface area contributed by atoms with Gasteiger partial charge in [0.2, 0.25) is 5.95 Å². The van der Waals surface area contributed by atoms with Crippen LogP contribution in [0.4, 0.5) is 5.95 Å². The number of nitrogens with zero attached hydrogens (tertiary/aromatic N) is 2. The van der Waals surface area contributed by atoms with Crippen LogP contribution in [0.25, 0.3) is 0 Å². The van der Waals surface area contributed by atoms with Crippen molar-refractivity contribution < 1.29 is 0 Å². The van der Waals surface area contributed by atoms with Gasteiger partial charge in [-0.25, -0.2) is 9.97 Å². The second-order valence-electron chi connectivity index (χ2n) is 3.11. The molecule has 0 fully saturated rings. The van der Waals surface area contributed by atoms with E-state index in [1.54, 1.807) is 23.7 Å². The molecule has 0 spiro atoms. The van der Waals surface area contributed by atoms with Crippen molar-refractivity contribution in [1.29, 1.82) is 0 Å². The number of hydrogen-bond acceptors (Lipinski definition) is 4. The molecule has 0 bridgehead atoms. The topological polar surface area (TPSA) is 37.8 Å². The van der Waals surface area contributed by atoms with Gasteiger partial charge < -0.3 is 5.32 Å². The van der Waals surface area contributed by atoms with Gasteiger partial charge in [-0.05, 0) is 46.5 Å². The maximum atomic E-state index is 4.18. The molecule has 0 unspecified atom stereocenters. The van der Waals surface area contributed by atoms with Crippen molar-refractivity contribution in [2.75, 3.05) is 5.32 Å². The smallest absolute Gasteiger partial charge is 0.222 e. The summed E-state index contributed by atoms with van der Waals surface area (Å²) in [6, 6.07) is 2.12. The molecule has 0 aliphatic heterocycles. The third-order valence-corrected chi connectivity index (χ3v) is 3.58. The molecule has 0 aromatic carbocycles. The lowest BCUT2D eigenvalue weighted by Crippen LogP contribution is -2.02. The largest absolute Gasteiger partial charge is 0.349 e. The lowest BCUT2D eigenvalue weighted by Gasteiger charge is -2.03. The summed E-state index contributed by atoms with van der Waals surface area (Å²) in [7, 11) is 0. The van der Waals surface area contributed by atoms with Crippen LogP contribution in [0.15, 0.2) is 23.8 Å². The molecule has 1 N–H and O–H groups in total. The van der Waals surface area contributed by atoms with Gasteiger partial charge in [0, 0.05) is 20.8 Å². The summed E-state index contributed by atoms with van der Waals surface area (Å²) in [5.41, 5.74) is 1.32. The number of halogens is 1. The fraction of sp³-hybridized carbons (Fsp3) is 0.200. The molecule has 2 aromatic rings. The van der Waals surface area contributed by atoms with Crippen molar-refractivity contribution in [3.05, 3.63) is 37.9 Å². The molecule has 0 aliphatic carbocycles. The molecule has 0 atom stereocenters. The van der Waals surface area contributed by atoms with Gasteiger partial charge in [0.25, 0.3) is 0 Å². The predicted octanol–water partition coefficient (Wildman–Crippen LogP) is 3.06. The Morgan fingerprint density at radius 2 is 2.13 bits per heavy atom. The van der Waals surface area contributed by atoms with E-state index in [9.17, 15) is 0 Å². The van der Waals surface area contributed by atoms with Gasteiger partial charge >= 0.3 is 0 Å². The molecule has 5 heteroatoms. The van der Waals surface area contributed by atoms with Crippen molar-refractivity contribution >= 4 is 39.9 Å². The van der Waals surface area contributed by atoms with Crippen LogP contribution in [0.5, 0.6) is 0 Å². The van der Waals surface area contributed by atoms with Gasteiger partial charge in [-0.1, -0.05) is 0 Å². The molecular weight excluding hydrogens is 321 g/mol. The average molecular weight is 331 g/mol. The Morgan fingerprint density at radius 3 is 2.73 bits per heavy atom. The minimum Gasteiger partial charge on any atom is -0.349 e. The minimum atomic E-state index is 0.684. The molecule has 0 aliphatic rings. The summed E-state index contributed by atoms with van der Waals surface area (Å²) in [6.45, 7) is 2.91. The lowest BCUT2D eigenvalue weighted by atomic mass is 10.3. The van der Waals surface area contributed by atoms with E-state index in [1.165, 1.54) is 10.4 Å². The van der Waals surface area contributed by atoms with Crippen LogP contribution in [0, 0.1) is 10.5 Å². The zero-order chi connectivity index (χ0) is 10.7. The van der Waals surface area contributed by atoms with Crippen LogP contribution in [0.3, 0.4) is 0 Å². The summed E-state index contributed by atoms with van der Waals surface area (Å²) >= 11 is 3.94. The van der Waals surface area contributed by atoms with E-state index in [-0.39, 0.29) is 0 Å². The monoisotopic (exact) mass is 331 g/mol. The highest BCUT2D eigenvalue weighted by atomic mass is 127. The summed E-state index contributed by atoms with van der Waals surface area (Å²) < 4.78 is 1.05. The standard InChI is InChI=1S/C10H10IN3S/c1-7-2-3-15-9(7)6-14-10-12-4-8(11)5-13-10/h2-5H,6H2,1H3,(H,12,13,14). The van der Waals surface area contributed by atoms with Crippen LogP contribution in [-0.2, 0) is 6.54 Å². The number of nitrogens with one attached hydrogen (secondary N) is 1. The Labute approximate surface area is 106 Å². The number of thiophene rings is 1. The highest BCUT2D eigenvalue weighted by molar-refractivity contribution is 14.1. The van der Waals surface area contributed by atoms with E-state index in [4.69, 9.17) is 0 Å². The quantitative estimate of drug-likeness (QED) is 0.879. The number of aryl methyl sites for hydroxylation is 1. The Bertz CT molecular complexity index is 438. The Hall–Kier alpha value is -0.690. The number of aromatic nitrogens is 2. The van der Waals surface area contributed by atoms with Crippen molar-refractivity contribution in [3.63, 3.8) is 0 Å². The second kappa shape index (κ2) is 4.89. The van der Waals surface area contributed by atoms with E-state index < -0.39 is 0 Å². The zero-order valence-electron chi connectivity index (χ0n) is 8.20. The first-order chi connectivity index (χ1) is 7.25. The molecule has 2 aromatic heterocycles. The van der Waals surface area contributed by atoms with Gasteiger partial charge in [-0.2, -0.15) is 0 Å². The second-order valence-corrected chi connectivity index (χ2v) is 5.35. The van der Waals surface area contributed by atoms with Gasteiger partial charge in [0.05, 0.1) is 6.54 Å². The highest BCUT2D eigenvalue weighted by Crippen LogP contribution is 2.16. The number of rotatable bonds is 3. The van der Waals surface area contributed by atoms with Crippen molar-refractivity contribution in [2.45, 2.75) is 13.5 Å². The fourth-order valence-corrected chi connectivity index (χ4v) is 2.27. The van der Waals surface area contributed by atoms with Crippen molar-refractivity contribution in [1.82, 2.24) is 9.97 Å². The molecule has 2 heterocycles. The third kappa shape index (κ3) is 2.88. The Kier molecular flexibility index (Phi) is 3.53. The van der Waals surface area contributed by atoms with E-state index in [0.717, 1.165) is 10.1 Å². The molecule has 3 nitrogen and oxygen atoms in total. The Morgan fingerprint density at radius 1 is 1.40 bits per heavy atom. The van der Waals surface area contributed by atoms with Crippen molar-refractivity contribution in [3.8, 4) is 0 Å². The first-order valence-corrected chi connectivity index (χ1v) is 6.46. The first-order valence-electron chi connectivity index (χ1n) is 4.50. The van der Waals surface area contributed by atoms with Crippen molar-refractivity contribution in [2.24, 2.45) is 0 Å². The highest BCUT2D eigenvalue weighted by Gasteiger charge is 2.00. The van der Waals surface area contributed by atoms with E-state index >= 15 is 0 Å². The SMILES string of the molecule is Cc1ccsc1CNc1ncc(I)cn1. The number of hydrogen-bond donors (Lipinski definition) is 1. The van der Waals surface area contributed by atoms with Crippen LogP contribution in [-0.4, -0.2) is 9.97 Å². The summed E-state index contributed by atoms with van der Waals surface area (Å²) in [4.78, 5) is 9.70. The van der Waals surface area contributed by atoms with Gasteiger partial charge in [-0.3, -0.25) is 0 Å². The molecule has 0 saturated heterocycles. The minimum absolute atomic E-state index is 0.684. The summed E-state index contributed by atoms with van der Waals surface area (Å²) in [5, 5.41) is 5.30. The lowest BCUT2D eigenvalue weighted by molar-refractivity contribution is 1.06. The fourth-order valence-electron chi connectivity index (χ4n) is 1.15. The van der Waals surface area contributed by atoms with E-state index in [1.807, 2.05) is 0 Å². The van der Waals surface area contributed by atoms with Gasteiger partial charge in [-0.15, -0.1) is 11.3 Å². The van der Waals surface area contributed by atoms with Crippen LogP contribution < -0.4 is 5.32 Å². The van der Waals surface area contributed by atoms with E-state index in [2.05, 4.69) is 56.2 Å². The van der Waals surface area contributed by atoms with Crippen LogP contribution in [0.2, 0.25) is 0 Å². The van der Waals surface area contributed by atoms with Gasteiger partial charge in [0.1, 0.15) is 0 Å². The third-order valence-electron chi connectivity index (χ3n) is 2.00. The van der Waals surface area contributed by atoms with E-state index in [0.29, 0.717) is 5.95 Å². The molecule has 2 rings (SSSR count). The summed E-state index contributed by atoms with van der Waals surface area (Å²) in [6.07, 6.45) is 3.61. The molecule has 0 saturated carbocycles. The normalized spacial score (nSPS) is 10.3. The Balaban J connectivity index is 1.99. The maximum Gasteiger partial charge on any atom is 0.222 e. The first kappa shape index (κ1) is 10.8. The molecule has 15 heavy (non-hydrogen) atoms. The molecular formula is C10H10IN3S. The van der Waals surface area contributed by atoms with Crippen LogP contribution >= 0.6 is 33.9 Å². The molecule has 0 radical (unpaired) electrons. The maximum absolute atomic E-state index is 4.18. The molecule has 78 valence electrons. The summed E-state index contributed by atoms with van der Waals surface area (Å²) in [5.74, 6) is 0.684. The molecule has 0 amide bonds. The predicted molar refractivity (Wildman–Crippen MR) is 71.1 cm³/mol. The zero-order valence-corrected chi connectivity index (χ0v) is 11.2.